The topological polar surface area (TPSA) is 18.5 Å². The molecular formula is C8H16O2. The van der Waals surface area contributed by atoms with Crippen molar-refractivity contribution in [2.45, 2.75) is 0 Å². The van der Waals surface area contributed by atoms with Gasteiger partial charge in [-0.15, -0.1) is 13.2 Å². The van der Waals surface area contributed by atoms with Gasteiger partial charge in [0.25, 0.3) is 0 Å². The van der Waals surface area contributed by atoms with Gasteiger partial charge in [0.05, 0.1) is 13.2 Å². The summed E-state index contributed by atoms with van der Waals surface area (Å²) in [5.41, 5.74) is 0. The molecule has 0 aliphatic heterocycles. The standard InChI is InChI=1S/2C4H8O/c2*1-3-4-5-2/h2*3H,1,4H2,2H3. The highest BCUT2D eigenvalue weighted by molar-refractivity contribution is 4.62. The van der Waals surface area contributed by atoms with Crippen molar-refractivity contribution in [3.05, 3.63) is 25.3 Å². The first kappa shape index (κ1) is 12.1. The highest BCUT2D eigenvalue weighted by Crippen LogP contribution is 1.61. The van der Waals surface area contributed by atoms with Crippen LogP contribution in [0.5, 0.6) is 0 Å². The highest BCUT2D eigenvalue weighted by Gasteiger charge is 1.58. The second-order valence-corrected chi connectivity index (χ2v) is 1.49. The Morgan fingerprint density at radius 1 is 1.00 bits per heavy atom. The van der Waals surface area contributed by atoms with Gasteiger partial charge >= 0.3 is 0 Å². The van der Waals surface area contributed by atoms with Crippen LogP contribution in [0.15, 0.2) is 25.3 Å². The van der Waals surface area contributed by atoms with Gasteiger partial charge in [-0.05, 0) is 0 Å². The molecule has 0 saturated carbocycles. The normalized spacial score (nSPS) is 7.40. The van der Waals surface area contributed by atoms with Crippen molar-refractivity contribution in [2.75, 3.05) is 27.4 Å². The van der Waals surface area contributed by atoms with E-state index >= 15 is 0 Å². The van der Waals surface area contributed by atoms with Crippen LogP contribution in [0.1, 0.15) is 0 Å². The first-order valence-corrected chi connectivity index (χ1v) is 3.03. The number of methoxy groups -OCH3 is 2. The maximum Gasteiger partial charge on any atom is 0.0641 e. The zero-order valence-electron chi connectivity index (χ0n) is 6.80. The van der Waals surface area contributed by atoms with Gasteiger partial charge < -0.3 is 9.47 Å². The predicted molar refractivity (Wildman–Crippen MR) is 44.1 cm³/mol. The summed E-state index contributed by atoms with van der Waals surface area (Å²) in [5, 5.41) is 0. The largest absolute Gasteiger partial charge is 0.381 e. The first-order chi connectivity index (χ1) is 4.83. The van der Waals surface area contributed by atoms with Crippen LogP contribution in [0.2, 0.25) is 0 Å². The van der Waals surface area contributed by atoms with Crippen LogP contribution in [0.4, 0.5) is 0 Å². The van der Waals surface area contributed by atoms with Gasteiger partial charge in [0.2, 0.25) is 0 Å². The Morgan fingerprint density at radius 3 is 1.30 bits per heavy atom. The zero-order chi connectivity index (χ0) is 8.24. The fraction of sp³-hybridized carbons (Fsp3) is 0.500. The van der Waals surface area contributed by atoms with Crippen molar-refractivity contribution in [3.63, 3.8) is 0 Å². The van der Waals surface area contributed by atoms with Crippen molar-refractivity contribution in [2.24, 2.45) is 0 Å². The van der Waals surface area contributed by atoms with Gasteiger partial charge in [-0.25, -0.2) is 0 Å². The molecule has 2 nitrogen and oxygen atoms in total. The summed E-state index contributed by atoms with van der Waals surface area (Å²) in [4.78, 5) is 0. The van der Waals surface area contributed by atoms with E-state index in [1.165, 1.54) is 0 Å². The quantitative estimate of drug-likeness (QED) is 0.558. The summed E-state index contributed by atoms with van der Waals surface area (Å²) in [7, 11) is 3.28. The van der Waals surface area contributed by atoms with Gasteiger partial charge in [-0.3, -0.25) is 0 Å². The molecule has 0 N–H and O–H groups in total. The van der Waals surface area contributed by atoms with Gasteiger partial charge in [0, 0.05) is 14.2 Å². The summed E-state index contributed by atoms with van der Waals surface area (Å²) in [6, 6.07) is 0. The van der Waals surface area contributed by atoms with Crippen LogP contribution in [0, 0.1) is 0 Å². The van der Waals surface area contributed by atoms with E-state index in [4.69, 9.17) is 0 Å². The molecule has 10 heavy (non-hydrogen) atoms. The summed E-state index contributed by atoms with van der Waals surface area (Å²) in [5.74, 6) is 0. The monoisotopic (exact) mass is 144 g/mol. The Kier molecular flexibility index (Phi) is 19.1. The van der Waals surface area contributed by atoms with E-state index in [0.29, 0.717) is 13.2 Å². The third kappa shape index (κ3) is 26.2. The molecule has 0 aromatic heterocycles. The maximum atomic E-state index is 4.57. The first-order valence-electron chi connectivity index (χ1n) is 3.03. The molecular weight excluding hydrogens is 128 g/mol. The Bertz CT molecular complexity index is 59.7. The number of ether oxygens (including phenoxy) is 2. The Morgan fingerprint density at radius 2 is 1.30 bits per heavy atom. The van der Waals surface area contributed by atoms with Crippen molar-refractivity contribution >= 4 is 0 Å². The molecule has 0 saturated heterocycles. The Hall–Kier alpha value is -0.600. The summed E-state index contributed by atoms with van der Waals surface area (Å²) >= 11 is 0. The van der Waals surface area contributed by atoms with Crippen LogP contribution >= 0.6 is 0 Å². The van der Waals surface area contributed by atoms with Crippen LogP contribution in [-0.4, -0.2) is 27.4 Å². The summed E-state index contributed by atoms with van der Waals surface area (Å²) in [6.07, 6.45) is 3.42. The van der Waals surface area contributed by atoms with Crippen LogP contribution in [-0.2, 0) is 9.47 Å². The molecule has 0 aliphatic carbocycles. The van der Waals surface area contributed by atoms with Gasteiger partial charge in [0.1, 0.15) is 0 Å². The lowest BCUT2D eigenvalue weighted by atomic mass is 10.7. The predicted octanol–water partition coefficient (Wildman–Crippen LogP) is 1.64. The van der Waals surface area contributed by atoms with E-state index in [-0.39, 0.29) is 0 Å². The minimum Gasteiger partial charge on any atom is -0.381 e. The number of rotatable bonds is 4. The smallest absolute Gasteiger partial charge is 0.0641 e. The van der Waals surface area contributed by atoms with Crippen LogP contribution in [0.25, 0.3) is 0 Å². The maximum absolute atomic E-state index is 4.57. The molecule has 0 aromatic rings. The molecule has 0 unspecified atom stereocenters. The van der Waals surface area contributed by atoms with E-state index in [1.807, 2.05) is 0 Å². The molecule has 2 heteroatoms. The average molecular weight is 144 g/mol. The minimum atomic E-state index is 0.653. The van der Waals surface area contributed by atoms with E-state index in [2.05, 4.69) is 22.6 Å². The molecule has 0 aromatic carbocycles. The molecule has 60 valence electrons. The van der Waals surface area contributed by atoms with Crippen molar-refractivity contribution in [1.82, 2.24) is 0 Å². The third-order valence-corrected chi connectivity index (χ3v) is 0.569. The number of hydrogen-bond acceptors (Lipinski definition) is 2. The Balaban J connectivity index is 0. The SMILES string of the molecule is C=CCOC.C=CCOC. The van der Waals surface area contributed by atoms with E-state index in [0.717, 1.165) is 0 Å². The van der Waals surface area contributed by atoms with Crippen molar-refractivity contribution in [3.8, 4) is 0 Å². The van der Waals surface area contributed by atoms with Crippen LogP contribution < -0.4 is 0 Å². The van der Waals surface area contributed by atoms with Gasteiger partial charge in [-0.1, -0.05) is 12.2 Å². The molecule has 0 atom stereocenters. The lowest BCUT2D eigenvalue weighted by Gasteiger charge is -1.79. The average Bonchev–Trinajstić information content (AvgIpc) is 1.93. The second kappa shape index (κ2) is 15.8. The molecule has 0 rings (SSSR count). The highest BCUT2D eigenvalue weighted by atomic mass is 16.5. The summed E-state index contributed by atoms with van der Waals surface area (Å²) in [6.45, 7) is 8.16. The van der Waals surface area contributed by atoms with E-state index < -0.39 is 0 Å². The fourth-order valence-corrected chi connectivity index (χ4v) is 0.236. The van der Waals surface area contributed by atoms with E-state index in [9.17, 15) is 0 Å². The molecule has 0 amide bonds. The fourth-order valence-electron chi connectivity index (χ4n) is 0.236. The molecule has 0 bridgehead atoms. The lowest BCUT2D eigenvalue weighted by Crippen LogP contribution is -1.76. The van der Waals surface area contributed by atoms with Crippen molar-refractivity contribution < 1.29 is 9.47 Å². The summed E-state index contributed by atoms with van der Waals surface area (Å²) < 4.78 is 9.15. The van der Waals surface area contributed by atoms with Gasteiger partial charge in [-0.2, -0.15) is 0 Å². The Labute approximate surface area is 63.1 Å². The molecule has 0 spiro atoms. The van der Waals surface area contributed by atoms with E-state index in [1.54, 1.807) is 26.4 Å². The molecule has 0 aliphatic rings. The zero-order valence-corrected chi connectivity index (χ0v) is 6.80. The van der Waals surface area contributed by atoms with Crippen LogP contribution in [0.3, 0.4) is 0 Å². The molecule has 0 heterocycles. The van der Waals surface area contributed by atoms with Crippen molar-refractivity contribution in [1.29, 1.82) is 0 Å². The molecule has 0 fully saturated rings. The lowest BCUT2D eigenvalue weighted by molar-refractivity contribution is 0.234. The second-order valence-electron chi connectivity index (χ2n) is 1.49. The minimum absolute atomic E-state index is 0.653. The van der Waals surface area contributed by atoms with Gasteiger partial charge in [0.15, 0.2) is 0 Å². The third-order valence-electron chi connectivity index (χ3n) is 0.569. The number of hydrogen-bond donors (Lipinski definition) is 0. The molecule has 0 radical (unpaired) electrons.